The van der Waals surface area contributed by atoms with Gasteiger partial charge in [0.2, 0.25) is 0 Å². The predicted molar refractivity (Wildman–Crippen MR) is 283 cm³/mol. The van der Waals surface area contributed by atoms with Crippen molar-refractivity contribution in [2.24, 2.45) is 0 Å². The Labute approximate surface area is 394 Å². The maximum absolute atomic E-state index is 5.42. The second-order valence-electron chi connectivity index (χ2n) is 17.4. The summed E-state index contributed by atoms with van der Waals surface area (Å²) < 4.78 is 4.53. The third-order valence-corrected chi connectivity index (χ3v) is 13.3. The van der Waals surface area contributed by atoms with E-state index in [2.05, 4.69) is 264 Å². The smallest absolute Gasteiger partial charge is 0.101 e. The molecule has 0 bridgehead atoms. The van der Waals surface area contributed by atoms with Crippen LogP contribution in [0.2, 0.25) is 0 Å². The number of para-hydroxylation sites is 2. The Bertz CT molecular complexity index is 3950. The molecule has 0 atom stereocenters. The Morgan fingerprint density at radius 1 is 0.309 bits per heavy atom. The largest absolute Gasteiger partial charge is 0.309 e. The van der Waals surface area contributed by atoms with Crippen molar-refractivity contribution in [2.75, 3.05) is 0 Å². The van der Waals surface area contributed by atoms with Gasteiger partial charge in [0.05, 0.1) is 33.6 Å². The van der Waals surface area contributed by atoms with E-state index in [-0.39, 0.29) is 0 Å². The minimum Gasteiger partial charge on any atom is -0.309 e. The van der Waals surface area contributed by atoms with Crippen LogP contribution in [0.25, 0.3) is 122 Å². The summed E-state index contributed by atoms with van der Waals surface area (Å²) in [6.45, 7) is 0. The Morgan fingerprint density at radius 3 is 1.50 bits per heavy atom. The fourth-order valence-electron chi connectivity index (χ4n) is 10.1. The van der Waals surface area contributed by atoms with E-state index in [0.29, 0.717) is 0 Å². The van der Waals surface area contributed by atoms with Crippen LogP contribution in [0.3, 0.4) is 0 Å². The van der Waals surface area contributed by atoms with E-state index in [0.717, 1.165) is 100 Å². The van der Waals surface area contributed by atoms with E-state index >= 15 is 0 Å². The van der Waals surface area contributed by atoms with Crippen LogP contribution in [0.4, 0.5) is 0 Å². The summed E-state index contributed by atoms with van der Waals surface area (Å²) in [5.74, 6) is 0. The molecule has 0 aliphatic rings. The van der Waals surface area contributed by atoms with Crippen molar-refractivity contribution in [1.82, 2.24) is 19.2 Å². The molecule has 0 saturated heterocycles. The van der Waals surface area contributed by atoms with Gasteiger partial charge >= 0.3 is 0 Å². The Kier molecular flexibility index (Phi) is 9.47. The molecule has 4 aromatic heterocycles. The number of rotatable bonds is 8. The molecule has 0 radical (unpaired) electrons. The summed E-state index contributed by atoms with van der Waals surface area (Å²) >= 11 is 0. The van der Waals surface area contributed by atoms with Crippen LogP contribution in [0.5, 0.6) is 0 Å². The van der Waals surface area contributed by atoms with Crippen molar-refractivity contribution >= 4 is 38.1 Å². The van der Waals surface area contributed by atoms with Gasteiger partial charge in [-0.3, -0.25) is 0 Å². The molecule has 0 unspecified atom stereocenters. The molecule has 0 spiro atoms. The molecule has 0 fully saturated rings. The Balaban J connectivity index is 0.962. The molecule has 0 saturated carbocycles. The summed E-state index contributed by atoms with van der Waals surface area (Å²) in [5.41, 5.74) is 19.5. The molecule has 4 heteroatoms. The van der Waals surface area contributed by atoms with Crippen molar-refractivity contribution in [3.05, 3.63) is 255 Å². The van der Waals surface area contributed by atoms with Crippen molar-refractivity contribution in [3.8, 4) is 84.1 Å². The van der Waals surface area contributed by atoms with E-state index in [9.17, 15) is 0 Å². The fourth-order valence-corrected chi connectivity index (χ4v) is 10.1. The Morgan fingerprint density at radius 2 is 0.824 bits per heavy atom. The van der Waals surface area contributed by atoms with Crippen LogP contribution < -0.4 is 0 Å². The number of benzene rings is 9. The second kappa shape index (κ2) is 16.4. The molecule has 13 aromatic rings. The van der Waals surface area contributed by atoms with Gasteiger partial charge in [0, 0.05) is 49.7 Å². The van der Waals surface area contributed by atoms with E-state index in [1.807, 2.05) is 0 Å². The third-order valence-electron chi connectivity index (χ3n) is 13.3. The average Bonchev–Trinajstić information content (AvgIpc) is 3.99. The van der Waals surface area contributed by atoms with Crippen LogP contribution in [0.1, 0.15) is 0 Å². The molecular formula is C64H42N4. The summed E-state index contributed by atoms with van der Waals surface area (Å²) in [4.78, 5) is 5.35. The van der Waals surface area contributed by atoms with Gasteiger partial charge < -0.3 is 4.57 Å². The molecule has 68 heavy (non-hydrogen) atoms. The molecule has 0 amide bonds. The Hall–Kier alpha value is -9.12. The summed E-state index contributed by atoms with van der Waals surface area (Å²) in [5, 5.41) is 10.2. The van der Waals surface area contributed by atoms with Crippen LogP contribution in [-0.4, -0.2) is 19.2 Å². The number of fused-ring (bicyclic) bond motifs is 6. The van der Waals surface area contributed by atoms with Gasteiger partial charge in [-0.25, -0.2) is 9.50 Å². The molecule has 4 nitrogen and oxygen atoms in total. The average molecular weight is 867 g/mol. The highest BCUT2D eigenvalue weighted by Gasteiger charge is 2.22. The highest BCUT2D eigenvalue weighted by molar-refractivity contribution is 6.10. The summed E-state index contributed by atoms with van der Waals surface area (Å²) in [6, 6.07) is 91.1. The third kappa shape index (κ3) is 6.78. The van der Waals surface area contributed by atoms with Gasteiger partial charge in [-0.15, -0.1) is 0 Å². The SMILES string of the molecule is c1ccc(-c2cc(-c3cccc(-c4ccc5c(c4)cc(-c4ccccc4)n4nc(-c6ccccc6)c(-c6ccccc6)c54)c3)cc(-c3cccc(-n4c5ccccc5c5ccccc54)c3)n2)cc1. The molecular weight excluding hydrogens is 825 g/mol. The first-order valence-electron chi connectivity index (χ1n) is 23.1. The van der Waals surface area contributed by atoms with Gasteiger partial charge in [0.1, 0.15) is 5.69 Å². The van der Waals surface area contributed by atoms with E-state index in [1.54, 1.807) is 0 Å². The molecule has 0 aliphatic heterocycles. The lowest BCUT2D eigenvalue weighted by Gasteiger charge is -2.14. The van der Waals surface area contributed by atoms with Gasteiger partial charge in [0.15, 0.2) is 0 Å². The number of aromatic nitrogens is 4. The highest BCUT2D eigenvalue weighted by atomic mass is 15.2. The van der Waals surface area contributed by atoms with Gasteiger partial charge in [0.25, 0.3) is 0 Å². The van der Waals surface area contributed by atoms with Crippen molar-refractivity contribution in [3.63, 3.8) is 0 Å². The zero-order chi connectivity index (χ0) is 45.0. The zero-order valence-corrected chi connectivity index (χ0v) is 37.0. The first-order chi connectivity index (χ1) is 33.7. The maximum Gasteiger partial charge on any atom is 0.101 e. The minimum atomic E-state index is 0.919. The van der Waals surface area contributed by atoms with Gasteiger partial charge in [-0.1, -0.05) is 200 Å². The predicted octanol–water partition coefficient (Wildman–Crippen LogP) is 16.6. The zero-order valence-electron chi connectivity index (χ0n) is 37.0. The number of nitrogens with zero attached hydrogens (tertiary/aromatic N) is 4. The van der Waals surface area contributed by atoms with E-state index in [4.69, 9.17) is 10.1 Å². The quantitative estimate of drug-likeness (QED) is 0.153. The first kappa shape index (κ1) is 39.3. The first-order valence-corrected chi connectivity index (χ1v) is 23.1. The maximum atomic E-state index is 5.42. The van der Waals surface area contributed by atoms with Crippen LogP contribution in [-0.2, 0) is 0 Å². The minimum absolute atomic E-state index is 0.919. The summed E-state index contributed by atoms with van der Waals surface area (Å²) in [6.07, 6.45) is 0. The number of hydrogen-bond donors (Lipinski definition) is 0. The van der Waals surface area contributed by atoms with Crippen molar-refractivity contribution in [1.29, 1.82) is 0 Å². The second-order valence-corrected chi connectivity index (χ2v) is 17.4. The monoisotopic (exact) mass is 866 g/mol. The normalized spacial score (nSPS) is 11.5. The molecule has 9 aromatic carbocycles. The number of pyridine rings is 2. The molecule has 318 valence electrons. The highest BCUT2D eigenvalue weighted by Crippen LogP contribution is 2.42. The van der Waals surface area contributed by atoms with Crippen LogP contribution in [0.15, 0.2) is 255 Å². The van der Waals surface area contributed by atoms with Gasteiger partial charge in [-0.05, 0) is 87.8 Å². The standard InChI is InChI=1S/C64H42N4/c1-5-19-43(20-6-1)57-40-51(41-58(65-57)50-29-18-30-53(39-50)67-59-33-15-13-31-55(59)56-32-14-16-34-60(56)67)48-28-17-27-47(37-48)49-35-36-54-52(38-49)42-61(44-21-7-2-8-22-44)68-64(54)62(45-23-9-3-10-24-45)63(66-68)46-25-11-4-12-26-46/h1-42H. The van der Waals surface area contributed by atoms with Crippen molar-refractivity contribution in [2.45, 2.75) is 0 Å². The topological polar surface area (TPSA) is 35.1 Å². The van der Waals surface area contributed by atoms with Crippen LogP contribution >= 0.6 is 0 Å². The molecule has 4 heterocycles. The lowest BCUT2D eigenvalue weighted by atomic mass is 9.94. The molecule has 13 rings (SSSR count). The molecule has 0 aliphatic carbocycles. The summed E-state index contributed by atoms with van der Waals surface area (Å²) in [7, 11) is 0. The van der Waals surface area contributed by atoms with E-state index in [1.165, 1.54) is 21.8 Å². The van der Waals surface area contributed by atoms with Crippen molar-refractivity contribution < 1.29 is 0 Å². The number of hydrogen-bond acceptors (Lipinski definition) is 2. The fraction of sp³-hybridized carbons (Fsp3) is 0. The molecule has 0 N–H and O–H groups in total. The van der Waals surface area contributed by atoms with Gasteiger partial charge in [-0.2, -0.15) is 5.10 Å². The van der Waals surface area contributed by atoms with E-state index < -0.39 is 0 Å². The van der Waals surface area contributed by atoms with Crippen LogP contribution in [0, 0.1) is 0 Å². The lowest BCUT2D eigenvalue weighted by molar-refractivity contribution is 0.979. The lowest BCUT2D eigenvalue weighted by Crippen LogP contribution is -1.96.